The first-order valence-electron chi connectivity index (χ1n) is 4.37. The topological polar surface area (TPSA) is 66.5 Å². The van der Waals surface area contributed by atoms with Gasteiger partial charge in [0.15, 0.2) is 0 Å². The van der Waals surface area contributed by atoms with Crippen molar-refractivity contribution in [3.05, 3.63) is 23.8 Å². The Labute approximate surface area is 77.8 Å². The van der Waals surface area contributed by atoms with Crippen LogP contribution in [0.3, 0.4) is 0 Å². The summed E-state index contributed by atoms with van der Waals surface area (Å²) in [6.07, 6.45) is 0.755. The summed E-state index contributed by atoms with van der Waals surface area (Å²) >= 11 is 0. The minimum absolute atomic E-state index is 0.0891. The third-order valence-electron chi connectivity index (χ3n) is 2.15. The standard InChI is InChI=1S/C10H15NO2/c1-7(5-6-11)10-8(12)3-2-4-9(10)13/h2-4,7,12-13H,5-6,11H2,1H3. The monoisotopic (exact) mass is 181 g/mol. The SMILES string of the molecule is CC(CCN)c1c(O)cccc1O. The molecule has 1 unspecified atom stereocenters. The van der Waals surface area contributed by atoms with Gasteiger partial charge in [0.25, 0.3) is 0 Å². The number of hydrogen-bond donors (Lipinski definition) is 3. The number of phenolic OH excluding ortho intramolecular Hbond substituents is 2. The van der Waals surface area contributed by atoms with Crippen molar-refractivity contribution in [1.82, 2.24) is 0 Å². The van der Waals surface area contributed by atoms with Crippen molar-refractivity contribution in [2.75, 3.05) is 6.54 Å². The van der Waals surface area contributed by atoms with Crippen LogP contribution in [0.15, 0.2) is 18.2 Å². The van der Waals surface area contributed by atoms with E-state index in [0.717, 1.165) is 6.42 Å². The van der Waals surface area contributed by atoms with Crippen LogP contribution in [0, 0.1) is 0 Å². The normalized spacial score (nSPS) is 12.8. The lowest BCUT2D eigenvalue weighted by Crippen LogP contribution is -2.04. The summed E-state index contributed by atoms with van der Waals surface area (Å²) in [7, 11) is 0. The highest BCUT2D eigenvalue weighted by Crippen LogP contribution is 2.34. The number of nitrogens with two attached hydrogens (primary N) is 1. The molecule has 0 aromatic heterocycles. The van der Waals surface area contributed by atoms with Gasteiger partial charge in [-0.05, 0) is 31.0 Å². The maximum Gasteiger partial charge on any atom is 0.122 e. The first-order chi connectivity index (χ1) is 6.16. The molecule has 72 valence electrons. The summed E-state index contributed by atoms with van der Waals surface area (Å²) in [5.41, 5.74) is 5.99. The molecule has 1 rings (SSSR count). The Morgan fingerprint density at radius 2 is 1.85 bits per heavy atom. The molecule has 1 aromatic carbocycles. The molecule has 1 atom stereocenters. The van der Waals surface area contributed by atoms with Crippen LogP contribution in [-0.4, -0.2) is 16.8 Å². The maximum atomic E-state index is 9.49. The molecule has 3 heteroatoms. The van der Waals surface area contributed by atoms with Crippen molar-refractivity contribution in [3.63, 3.8) is 0 Å². The Bertz CT molecular complexity index is 266. The fourth-order valence-electron chi connectivity index (χ4n) is 1.44. The summed E-state index contributed by atoms with van der Waals surface area (Å²) in [5.74, 6) is 0.369. The van der Waals surface area contributed by atoms with E-state index in [9.17, 15) is 10.2 Å². The Morgan fingerprint density at radius 3 is 2.31 bits per heavy atom. The predicted molar refractivity (Wildman–Crippen MR) is 51.9 cm³/mol. The minimum Gasteiger partial charge on any atom is -0.508 e. The van der Waals surface area contributed by atoms with E-state index in [2.05, 4.69) is 0 Å². The lowest BCUT2D eigenvalue weighted by atomic mass is 9.96. The lowest BCUT2D eigenvalue weighted by molar-refractivity contribution is 0.428. The fourth-order valence-corrected chi connectivity index (χ4v) is 1.44. The van der Waals surface area contributed by atoms with Gasteiger partial charge in [-0.25, -0.2) is 0 Å². The van der Waals surface area contributed by atoms with E-state index in [1.807, 2.05) is 6.92 Å². The van der Waals surface area contributed by atoms with Crippen LogP contribution >= 0.6 is 0 Å². The van der Waals surface area contributed by atoms with Crippen LogP contribution < -0.4 is 5.73 Å². The van der Waals surface area contributed by atoms with Crippen molar-refractivity contribution in [2.45, 2.75) is 19.3 Å². The second kappa shape index (κ2) is 4.14. The van der Waals surface area contributed by atoms with E-state index in [0.29, 0.717) is 12.1 Å². The largest absolute Gasteiger partial charge is 0.508 e. The fraction of sp³-hybridized carbons (Fsp3) is 0.400. The lowest BCUT2D eigenvalue weighted by Gasteiger charge is -2.13. The molecule has 0 radical (unpaired) electrons. The van der Waals surface area contributed by atoms with E-state index < -0.39 is 0 Å². The number of benzene rings is 1. The van der Waals surface area contributed by atoms with E-state index in [1.54, 1.807) is 18.2 Å². The van der Waals surface area contributed by atoms with E-state index in [1.165, 1.54) is 0 Å². The van der Waals surface area contributed by atoms with Crippen LogP contribution in [0.25, 0.3) is 0 Å². The smallest absolute Gasteiger partial charge is 0.122 e. The van der Waals surface area contributed by atoms with Gasteiger partial charge in [-0.1, -0.05) is 13.0 Å². The van der Waals surface area contributed by atoms with Crippen molar-refractivity contribution in [1.29, 1.82) is 0 Å². The molecule has 0 fully saturated rings. The molecule has 13 heavy (non-hydrogen) atoms. The van der Waals surface area contributed by atoms with Gasteiger partial charge in [0, 0.05) is 5.56 Å². The number of rotatable bonds is 3. The summed E-state index contributed by atoms with van der Waals surface area (Å²) < 4.78 is 0. The van der Waals surface area contributed by atoms with E-state index >= 15 is 0 Å². The molecule has 0 aliphatic carbocycles. The zero-order valence-corrected chi connectivity index (χ0v) is 7.70. The summed E-state index contributed by atoms with van der Waals surface area (Å²) in [6, 6.07) is 4.76. The molecule has 0 saturated carbocycles. The predicted octanol–water partition coefficient (Wildman–Crippen LogP) is 1.55. The molecule has 0 aliphatic heterocycles. The van der Waals surface area contributed by atoms with Gasteiger partial charge in [0.2, 0.25) is 0 Å². The Hall–Kier alpha value is -1.22. The summed E-state index contributed by atoms with van der Waals surface area (Å²) in [4.78, 5) is 0. The molecule has 0 saturated heterocycles. The highest BCUT2D eigenvalue weighted by molar-refractivity contribution is 5.45. The molecule has 0 bridgehead atoms. The minimum atomic E-state index is 0.0891. The molecular weight excluding hydrogens is 166 g/mol. The molecule has 0 amide bonds. The van der Waals surface area contributed by atoms with Gasteiger partial charge in [-0.3, -0.25) is 0 Å². The Kier molecular flexibility index (Phi) is 3.14. The third-order valence-corrected chi connectivity index (χ3v) is 2.15. The first kappa shape index (κ1) is 9.86. The maximum absolute atomic E-state index is 9.49. The third kappa shape index (κ3) is 2.12. The average molecular weight is 181 g/mol. The Morgan fingerprint density at radius 1 is 1.31 bits per heavy atom. The Balaban J connectivity index is 2.98. The highest BCUT2D eigenvalue weighted by Gasteiger charge is 2.13. The number of hydrogen-bond acceptors (Lipinski definition) is 3. The molecule has 0 spiro atoms. The molecule has 0 heterocycles. The molecule has 4 N–H and O–H groups in total. The molecular formula is C10H15NO2. The van der Waals surface area contributed by atoms with Gasteiger partial charge in [0.05, 0.1) is 0 Å². The van der Waals surface area contributed by atoms with Gasteiger partial charge >= 0.3 is 0 Å². The first-order valence-corrected chi connectivity index (χ1v) is 4.37. The van der Waals surface area contributed by atoms with Crippen molar-refractivity contribution >= 4 is 0 Å². The van der Waals surface area contributed by atoms with Crippen LogP contribution in [0.2, 0.25) is 0 Å². The number of aromatic hydroxyl groups is 2. The second-order valence-electron chi connectivity index (χ2n) is 3.19. The number of phenols is 2. The highest BCUT2D eigenvalue weighted by atomic mass is 16.3. The van der Waals surface area contributed by atoms with Crippen LogP contribution in [0.1, 0.15) is 24.8 Å². The van der Waals surface area contributed by atoms with Gasteiger partial charge in [-0.15, -0.1) is 0 Å². The van der Waals surface area contributed by atoms with E-state index in [-0.39, 0.29) is 17.4 Å². The van der Waals surface area contributed by atoms with Crippen molar-refractivity contribution in [2.24, 2.45) is 5.73 Å². The van der Waals surface area contributed by atoms with Crippen LogP contribution in [0.4, 0.5) is 0 Å². The second-order valence-corrected chi connectivity index (χ2v) is 3.19. The molecule has 1 aromatic rings. The van der Waals surface area contributed by atoms with Gasteiger partial charge < -0.3 is 15.9 Å². The summed E-state index contributed by atoms with van der Waals surface area (Å²) in [6.45, 7) is 2.48. The van der Waals surface area contributed by atoms with Gasteiger partial charge in [0.1, 0.15) is 11.5 Å². The van der Waals surface area contributed by atoms with Crippen LogP contribution in [0.5, 0.6) is 11.5 Å². The summed E-state index contributed by atoms with van der Waals surface area (Å²) in [5, 5.41) is 19.0. The average Bonchev–Trinajstić information content (AvgIpc) is 2.04. The van der Waals surface area contributed by atoms with Crippen LogP contribution in [-0.2, 0) is 0 Å². The quantitative estimate of drug-likeness (QED) is 0.662. The molecule has 3 nitrogen and oxygen atoms in total. The van der Waals surface area contributed by atoms with E-state index in [4.69, 9.17) is 5.73 Å². The zero-order valence-electron chi connectivity index (χ0n) is 7.70. The van der Waals surface area contributed by atoms with Crippen molar-refractivity contribution in [3.8, 4) is 11.5 Å². The molecule has 0 aliphatic rings. The zero-order chi connectivity index (χ0) is 9.84. The van der Waals surface area contributed by atoms with Crippen molar-refractivity contribution < 1.29 is 10.2 Å². The van der Waals surface area contributed by atoms with Gasteiger partial charge in [-0.2, -0.15) is 0 Å².